The SMILES string of the molecule is CN(Cc1cccc(Cl)c1)C(=O)/C=C/c1nc2ccccc2s1. The van der Waals surface area contributed by atoms with Crippen molar-refractivity contribution < 1.29 is 4.79 Å². The number of amides is 1. The number of nitrogens with zero attached hydrogens (tertiary/aromatic N) is 2. The van der Waals surface area contributed by atoms with E-state index in [2.05, 4.69) is 4.98 Å². The van der Waals surface area contributed by atoms with E-state index in [4.69, 9.17) is 11.6 Å². The molecule has 0 spiro atoms. The number of para-hydroxylation sites is 1. The Morgan fingerprint density at radius 3 is 2.87 bits per heavy atom. The van der Waals surface area contributed by atoms with Crippen LogP contribution in [0.4, 0.5) is 0 Å². The topological polar surface area (TPSA) is 33.2 Å². The largest absolute Gasteiger partial charge is 0.338 e. The molecule has 1 amide bonds. The molecule has 5 heteroatoms. The fourth-order valence-corrected chi connectivity index (χ4v) is 3.30. The highest BCUT2D eigenvalue weighted by Gasteiger charge is 2.07. The lowest BCUT2D eigenvalue weighted by Gasteiger charge is -2.15. The van der Waals surface area contributed by atoms with Crippen molar-refractivity contribution in [3.63, 3.8) is 0 Å². The van der Waals surface area contributed by atoms with Gasteiger partial charge in [0, 0.05) is 24.7 Å². The quantitative estimate of drug-likeness (QED) is 0.648. The van der Waals surface area contributed by atoms with Gasteiger partial charge < -0.3 is 4.90 Å². The molecule has 116 valence electrons. The molecule has 3 nitrogen and oxygen atoms in total. The van der Waals surface area contributed by atoms with Gasteiger partial charge in [0.15, 0.2) is 0 Å². The van der Waals surface area contributed by atoms with Crippen LogP contribution in [0.25, 0.3) is 16.3 Å². The lowest BCUT2D eigenvalue weighted by atomic mass is 10.2. The third-order valence-corrected chi connectivity index (χ3v) is 4.60. The highest BCUT2D eigenvalue weighted by atomic mass is 35.5. The summed E-state index contributed by atoms with van der Waals surface area (Å²) < 4.78 is 1.12. The summed E-state index contributed by atoms with van der Waals surface area (Å²) >= 11 is 7.53. The molecule has 0 bridgehead atoms. The Hall–Kier alpha value is -2.17. The normalized spacial score (nSPS) is 11.2. The van der Waals surface area contributed by atoms with E-state index >= 15 is 0 Å². The van der Waals surface area contributed by atoms with Crippen LogP contribution in [0.1, 0.15) is 10.6 Å². The molecule has 23 heavy (non-hydrogen) atoms. The molecule has 1 heterocycles. The maximum atomic E-state index is 12.2. The van der Waals surface area contributed by atoms with E-state index < -0.39 is 0 Å². The van der Waals surface area contributed by atoms with E-state index in [1.807, 2.05) is 48.5 Å². The highest BCUT2D eigenvalue weighted by molar-refractivity contribution is 7.19. The Morgan fingerprint density at radius 1 is 1.26 bits per heavy atom. The molecule has 0 fully saturated rings. The molecule has 0 unspecified atom stereocenters. The molecule has 1 aromatic heterocycles. The third kappa shape index (κ3) is 3.97. The van der Waals surface area contributed by atoms with Crippen molar-refractivity contribution >= 4 is 45.1 Å². The Balaban J connectivity index is 1.67. The summed E-state index contributed by atoms with van der Waals surface area (Å²) in [5.74, 6) is -0.0655. The van der Waals surface area contributed by atoms with E-state index in [-0.39, 0.29) is 5.91 Å². The predicted molar refractivity (Wildman–Crippen MR) is 96.6 cm³/mol. The number of rotatable bonds is 4. The molecule has 0 N–H and O–H groups in total. The minimum Gasteiger partial charge on any atom is -0.338 e. The first-order valence-electron chi connectivity index (χ1n) is 7.15. The molecule has 0 saturated carbocycles. The van der Waals surface area contributed by atoms with Gasteiger partial charge in [0.05, 0.1) is 10.2 Å². The number of fused-ring (bicyclic) bond motifs is 1. The van der Waals surface area contributed by atoms with Crippen molar-refractivity contribution in [3.8, 4) is 0 Å². The molecule has 0 aliphatic carbocycles. The number of likely N-dealkylation sites (N-methyl/N-ethyl adjacent to an activating group) is 1. The third-order valence-electron chi connectivity index (χ3n) is 3.36. The number of halogens is 1. The summed E-state index contributed by atoms with van der Waals surface area (Å²) in [5.41, 5.74) is 1.96. The number of benzene rings is 2. The number of thiazole rings is 1. The second-order valence-corrected chi connectivity index (χ2v) is 6.68. The summed E-state index contributed by atoms with van der Waals surface area (Å²) in [6.45, 7) is 0.517. The molecule has 0 aliphatic heterocycles. The summed E-state index contributed by atoms with van der Waals surface area (Å²) in [6.07, 6.45) is 3.32. The standard InChI is InChI=1S/C18H15ClN2OS/c1-21(12-13-5-4-6-14(19)11-13)18(22)10-9-17-20-15-7-2-3-8-16(15)23-17/h2-11H,12H2,1H3/b10-9+. The summed E-state index contributed by atoms with van der Waals surface area (Å²) in [7, 11) is 1.77. The zero-order chi connectivity index (χ0) is 16.2. The Morgan fingerprint density at radius 2 is 2.09 bits per heavy atom. The van der Waals surface area contributed by atoms with Gasteiger partial charge in [-0.05, 0) is 35.9 Å². The van der Waals surface area contributed by atoms with Crippen molar-refractivity contribution in [1.82, 2.24) is 9.88 Å². The van der Waals surface area contributed by atoms with Crippen LogP contribution in [0, 0.1) is 0 Å². The van der Waals surface area contributed by atoms with E-state index in [9.17, 15) is 4.79 Å². The molecule has 2 aromatic carbocycles. The number of carbonyl (C=O) groups is 1. The van der Waals surface area contributed by atoms with Crippen molar-refractivity contribution in [1.29, 1.82) is 0 Å². The molecule has 0 aliphatic rings. The zero-order valence-electron chi connectivity index (χ0n) is 12.6. The Labute approximate surface area is 143 Å². The summed E-state index contributed by atoms with van der Waals surface area (Å²) in [6, 6.07) is 15.5. The van der Waals surface area contributed by atoms with Gasteiger partial charge in [-0.1, -0.05) is 35.9 Å². The van der Waals surface area contributed by atoms with Gasteiger partial charge in [0.25, 0.3) is 0 Å². The van der Waals surface area contributed by atoms with Crippen molar-refractivity contribution in [2.24, 2.45) is 0 Å². The van der Waals surface area contributed by atoms with Crippen LogP contribution in [0.15, 0.2) is 54.6 Å². The lowest BCUT2D eigenvalue weighted by molar-refractivity contribution is -0.125. The fraction of sp³-hybridized carbons (Fsp3) is 0.111. The van der Waals surface area contributed by atoms with Crippen LogP contribution in [-0.4, -0.2) is 22.8 Å². The second kappa shape index (κ2) is 6.94. The average Bonchev–Trinajstić information content (AvgIpc) is 2.95. The maximum absolute atomic E-state index is 12.2. The van der Waals surface area contributed by atoms with Gasteiger partial charge in [0.2, 0.25) is 5.91 Å². The second-order valence-electron chi connectivity index (χ2n) is 5.18. The maximum Gasteiger partial charge on any atom is 0.246 e. The van der Waals surface area contributed by atoms with Crippen molar-refractivity contribution in [2.75, 3.05) is 7.05 Å². The number of aromatic nitrogens is 1. The monoisotopic (exact) mass is 342 g/mol. The Kier molecular flexibility index (Phi) is 4.74. The zero-order valence-corrected chi connectivity index (χ0v) is 14.1. The molecule has 3 aromatic rings. The molecular weight excluding hydrogens is 328 g/mol. The number of hydrogen-bond donors (Lipinski definition) is 0. The van der Waals surface area contributed by atoms with Gasteiger partial charge in [-0.25, -0.2) is 4.98 Å². The Bertz CT molecular complexity index is 839. The van der Waals surface area contributed by atoms with E-state index in [0.29, 0.717) is 11.6 Å². The van der Waals surface area contributed by atoms with E-state index in [0.717, 1.165) is 20.8 Å². The van der Waals surface area contributed by atoms with Crippen LogP contribution >= 0.6 is 22.9 Å². The average molecular weight is 343 g/mol. The molecule has 0 saturated heterocycles. The smallest absolute Gasteiger partial charge is 0.246 e. The van der Waals surface area contributed by atoms with Crippen molar-refractivity contribution in [2.45, 2.75) is 6.54 Å². The lowest BCUT2D eigenvalue weighted by Crippen LogP contribution is -2.24. The van der Waals surface area contributed by atoms with Crippen LogP contribution < -0.4 is 0 Å². The predicted octanol–water partition coefficient (Wildman–Crippen LogP) is 4.62. The summed E-state index contributed by atoms with van der Waals surface area (Å²) in [5, 5.41) is 1.50. The van der Waals surface area contributed by atoms with Gasteiger partial charge in [-0.2, -0.15) is 0 Å². The number of hydrogen-bond acceptors (Lipinski definition) is 3. The molecule has 0 radical (unpaired) electrons. The van der Waals surface area contributed by atoms with Gasteiger partial charge >= 0.3 is 0 Å². The van der Waals surface area contributed by atoms with Gasteiger partial charge in [-0.15, -0.1) is 11.3 Å². The molecule has 3 rings (SSSR count). The van der Waals surface area contributed by atoms with Crippen molar-refractivity contribution in [3.05, 3.63) is 70.2 Å². The molecular formula is C18H15ClN2OS. The summed E-state index contributed by atoms with van der Waals surface area (Å²) in [4.78, 5) is 18.3. The van der Waals surface area contributed by atoms with Crippen LogP contribution in [0.5, 0.6) is 0 Å². The minimum absolute atomic E-state index is 0.0655. The molecule has 0 atom stereocenters. The van der Waals surface area contributed by atoms with Gasteiger partial charge in [-0.3, -0.25) is 4.79 Å². The first-order chi connectivity index (χ1) is 11.1. The van der Waals surface area contributed by atoms with Crippen LogP contribution in [-0.2, 0) is 11.3 Å². The first kappa shape index (κ1) is 15.7. The highest BCUT2D eigenvalue weighted by Crippen LogP contribution is 2.22. The van der Waals surface area contributed by atoms with Crippen LogP contribution in [0.3, 0.4) is 0 Å². The van der Waals surface area contributed by atoms with Crippen LogP contribution in [0.2, 0.25) is 5.02 Å². The van der Waals surface area contributed by atoms with Gasteiger partial charge in [0.1, 0.15) is 5.01 Å². The first-order valence-corrected chi connectivity index (χ1v) is 8.34. The number of carbonyl (C=O) groups excluding carboxylic acids is 1. The van der Waals surface area contributed by atoms with E-state index in [1.165, 1.54) is 0 Å². The minimum atomic E-state index is -0.0655. The fourth-order valence-electron chi connectivity index (χ4n) is 2.22. The van der Waals surface area contributed by atoms with E-state index in [1.54, 1.807) is 35.4 Å².